The van der Waals surface area contributed by atoms with Gasteiger partial charge in [0.25, 0.3) is 0 Å². The molecule has 2 N–H and O–H groups in total. The van der Waals surface area contributed by atoms with Gasteiger partial charge in [-0.25, -0.2) is 0 Å². The van der Waals surface area contributed by atoms with Crippen molar-refractivity contribution in [3.63, 3.8) is 0 Å². The zero-order chi connectivity index (χ0) is 16.8. The zero-order valence-electron chi connectivity index (χ0n) is 13.9. The lowest BCUT2D eigenvalue weighted by Crippen LogP contribution is -2.53. The number of piperazine rings is 1. The summed E-state index contributed by atoms with van der Waals surface area (Å²) in [4.78, 5) is 16.7. The van der Waals surface area contributed by atoms with Gasteiger partial charge in [-0.3, -0.25) is 9.69 Å². The van der Waals surface area contributed by atoms with E-state index < -0.39 is 0 Å². The van der Waals surface area contributed by atoms with Crippen molar-refractivity contribution in [2.45, 2.75) is 25.4 Å². The van der Waals surface area contributed by atoms with Crippen LogP contribution in [0.25, 0.3) is 0 Å². The Labute approximate surface area is 148 Å². The number of hydrogen-bond acceptors (Lipinski definition) is 4. The van der Waals surface area contributed by atoms with Crippen LogP contribution in [0, 0.1) is 0 Å². The van der Waals surface area contributed by atoms with Crippen LogP contribution in [0.1, 0.15) is 24.9 Å². The summed E-state index contributed by atoms with van der Waals surface area (Å²) in [6.45, 7) is 5.47. The molecule has 0 bridgehead atoms. The van der Waals surface area contributed by atoms with Crippen LogP contribution in [-0.4, -0.2) is 59.9 Å². The zero-order valence-corrected chi connectivity index (χ0v) is 15.4. The number of rotatable bonds is 6. The predicted octanol–water partition coefficient (Wildman–Crippen LogP) is 2.63. The topological polar surface area (TPSA) is 49.6 Å². The lowest BCUT2D eigenvalue weighted by atomic mass is 10.1. The molecule has 0 aromatic heterocycles. The summed E-state index contributed by atoms with van der Waals surface area (Å²) in [5.74, 6) is 1.03. The van der Waals surface area contributed by atoms with Gasteiger partial charge in [-0.05, 0) is 43.0 Å². The average molecular weight is 356 g/mol. The van der Waals surface area contributed by atoms with E-state index in [0.717, 1.165) is 43.4 Å². The maximum Gasteiger partial charge on any atom is 0.239 e. The van der Waals surface area contributed by atoms with Crippen LogP contribution in [0.4, 0.5) is 0 Å². The first-order chi connectivity index (χ1) is 11.0. The molecule has 1 saturated heterocycles. The molecule has 1 aliphatic rings. The molecular weight excluding hydrogens is 330 g/mol. The van der Waals surface area contributed by atoms with Crippen molar-refractivity contribution in [3.05, 3.63) is 34.9 Å². The number of hydrogen-bond donors (Lipinski definition) is 1. The van der Waals surface area contributed by atoms with Gasteiger partial charge in [0, 0.05) is 37.2 Å². The quantitative estimate of drug-likeness (QED) is 0.852. The van der Waals surface area contributed by atoms with Crippen LogP contribution in [-0.2, 0) is 4.79 Å². The summed E-state index contributed by atoms with van der Waals surface area (Å²) < 4.78 is 0. The number of nitrogens with zero attached hydrogens (tertiary/aromatic N) is 2. The van der Waals surface area contributed by atoms with Crippen LogP contribution in [0.15, 0.2) is 24.3 Å². The lowest BCUT2D eigenvalue weighted by Gasteiger charge is -2.39. The number of thioether (sulfide) groups is 1. The van der Waals surface area contributed by atoms with Crippen molar-refractivity contribution in [1.29, 1.82) is 0 Å². The first kappa shape index (κ1) is 18.6. The van der Waals surface area contributed by atoms with Crippen molar-refractivity contribution >= 4 is 29.3 Å². The molecule has 2 rings (SSSR count). The second kappa shape index (κ2) is 8.92. The van der Waals surface area contributed by atoms with Crippen molar-refractivity contribution < 1.29 is 4.79 Å². The van der Waals surface area contributed by atoms with E-state index in [9.17, 15) is 4.79 Å². The predicted molar refractivity (Wildman–Crippen MR) is 99.0 cm³/mol. The molecule has 4 nitrogen and oxygen atoms in total. The first-order valence-electron chi connectivity index (χ1n) is 8.05. The Hall–Kier alpha value is -0.750. The van der Waals surface area contributed by atoms with Gasteiger partial charge in [0.2, 0.25) is 5.91 Å². The molecular formula is C17H26ClN3OS. The Morgan fingerprint density at radius 1 is 1.26 bits per heavy atom. The Morgan fingerprint density at radius 3 is 2.43 bits per heavy atom. The fraction of sp³-hybridized carbons (Fsp3) is 0.588. The summed E-state index contributed by atoms with van der Waals surface area (Å²) in [5, 5.41) is 0.760. The first-order valence-corrected chi connectivity index (χ1v) is 9.83. The third-order valence-corrected chi connectivity index (χ3v) is 5.37. The number of benzene rings is 1. The molecule has 2 atom stereocenters. The van der Waals surface area contributed by atoms with Crippen LogP contribution in [0.5, 0.6) is 0 Å². The summed E-state index contributed by atoms with van der Waals surface area (Å²) >= 11 is 7.68. The van der Waals surface area contributed by atoms with Gasteiger partial charge in [0.05, 0.1) is 6.04 Å². The van der Waals surface area contributed by atoms with Gasteiger partial charge in [-0.1, -0.05) is 23.7 Å². The SMILES string of the molecule is CSCC[C@H](N)C(=O)N1CCN(C(C)c2ccc(Cl)cc2)CC1. The monoisotopic (exact) mass is 355 g/mol. The Kier molecular flexibility index (Phi) is 7.21. The molecule has 1 amide bonds. The fourth-order valence-corrected chi connectivity index (χ4v) is 3.50. The van der Waals surface area contributed by atoms with E-state index in [-0.39, 0.29) is 11.9 Å². The van der Waals surface area contributed by atoms with Crippen LogP contribution in [0.2, 0.25) is 5.02 Å². The molecule has 1 aromatic rings. The Bertz CT molecular complexity index is 503. The number of amides is 1. The number of halogens is 1. The maximum absolute atomic E-state index is 12.3. The van der Waals surface area contributed by atoms with Gasteiger partial charge < -0.3 is 10.6 Å². The highest BCUT2D eigenvalue weighted by Gasteiger charge is 2.27. The average Bonchev–Trinajstić information content (AvgIpc) is 2.59. The van der Waals surface area contributed by atoms with Gasteiger partial charge in [-0.2, -0.15) is 11.8 Å². The largest absolute Gasteiger partial charge is 0.339 e. The molecule has 1 aliphatic heterocycles. The second-order valence-corrected chi connectivity index (χ2v) is 7.40. The van der Waals surface area contributed by atoms with Crippen molar-refractivity contribution in [2.75, 3.05) is 38.2 Å². The molecule has 128 valence electrons. The highest BCUT2D eigenvalue weighted by atomic mass is 35.5. The molecule has 1 heterocycles. The molecule has 0 spiro atoms. The standard InChI is InChI=1S/C17H26ClN3OS/c1-13(14-3-5-15(18)6-4-14)20-8-10-21(11-9-20)17(22)16(19)7-12-23-2/h3-6,13,16H,7-12,19H2,1-2H3/t13?,16-/m0/s1. The normalized spacial score (nSPS) is 18.7. The highest BCUT2D eigenvalue weighted by molar-refractivity contribution is 7.98. The molecule has 0 saturated carbocycles. The molecule has 1 unspecified atom stereocenters. The minimum absolute atomic E-state index is 0.0952. The third-order valence-electron chi connectivity index (χ3n) is 4.48. The fourth-order valence-electron chi connectivity index (χ4n) is 2.88. The van der Waals surface area contributed by atoms with Gasteiger partial charge in [0.15, 0.2) is 0 Å². The smallest absolute Gasteiger partial charge is 0.239 e. The molecule has 1 fully saturated rings. The number of carbonyl (C=O) groups excluding carboxylic acids is 1. The van der Waals surface area contributed by atoms with Crippen molar-refractivity contribution in [2.24, 2.45) is 5.73 Å². The van der Waals surface area contributed by atoms with Gasteiger partial charge >= 0.3 is 0 Å². The number of nitrogens with two attached hydrogens (primary N) is 1. The highest BCUT2D eigenvalue weighted by Crippen LogP contribution is 2.23. The van der Waals surface area contributed by atoms with Gasteiger partial charge in [0.1, 0.15) is 0 Å². The Balaban J connectivity index is 1.85. The van der Waals surface area contributed by atoms with Crippen LogP contribution >= 0.6 is 23.4 Å². The molecule has 6 heteroatoms. The minimum Gasteiger partial charge on any atom is -0.339 e. The summed E-state index contributed by atoms with van der Waals surface area (Å²) in [6.07, 6.45) is 2.79. The molecule has 0 radical (unpaired) electrons. The number of carbonyl (C=O) groups is 1. The van der Waals surface area contributed by atoms with E-state index >= 15 is 0 Å². The van der Waals surface area contributed by atoms with E-state index in [1.54, 1.807) is 11.8 Å². The summed E-state index contributed by atoms with van der Waals surface area (Å²) in [6, 6.07) is 7.97. The van der Waals surface area contributed by atoms with Crippen LogP contribution < -0.4 is 5.73 Å². The van der Waals surface area contributed by atoms with E-state index in [4.69, 9.17) is 17.3 Å². The van der Waals surface area contributed by atoms with Crippen LogP contribution in [0.3, 0.4) is 0 Å². The summed E-state index contributed by atoms with van der Waals surface area (Å²) in [7, 11) is 0. The Morgan fingerprint density at radius 2 is 1.87 bits per heavy atom. The second-order valence-electron chi connectivity index (χ2n) is 5.98. The van der Waals surface area contributed by atoms with Crippen molar-refractivity contribution in [3.8, 4) is 0 Å². The van der Waals surface area contributed by atoms with E-state index in [0.29, 0.717) is 6.04 Å². The van der Waals surface area contributed by atoms with Crippen molar-refractivity contribution in [1.82, 2.24) is 9.80 Å². The molecule has 0 aliphatic carbocycles. The molecule has 1 aromatic carbocycles. The van der Waals surface area contributed by atoms with E-state index in [1.165, 1.54) is 5.56 Å². The minimum atomic E-state index is -0.359. The van der Waals surface area contributed by atoms with E-state index in [2.05, 4.69) is 24.0 Å². The third kappa shape index (κ3) is 5.11. The lowest BCUT2D eigenvalue weighted by molar-refractivity contribution is -0.134. The van der Waals surface area contributed by atoms with E-state index in [1.807, 2.05) is 23.3 Å². The maximum atomic E-state index is 12.3. The molecule has 23 heavy (non-hydrogen) atoms. The van der Waals surface area contributed by atoms with Gasteiger partial charge in [-0.15, -0.1) is 0 Å². The summed E-state index contributed by atoms with van der Waals surface area (Å²) in [5.41, 5.74) is 7.26.